The number of carbonyl (C=O) groups excluding carboxylic acids is 2. The van der Waals surface area contributed by atoms with Crippen molar-refractivity contribution in [2.45, 2.75) is 46.5 Å². The van der Waals surface area contributed by atoms with E-state index in [0.29, 0.717) is 32.5 Å². The maximum absolute atomic E-state index is 11.4. The Morgan fingerprint density at radius 2 is 1.53 bits per heavy atom. The van der Waals surface area contributed by atoms with Gasteiger partial charge in [0.05, 0.1) is 19.6 Å². The fraction of sp³-hybridized carbons (Fsp3) is 0.857. The van der Waals surface area contributed by atoms with Gasteiger partial charge in [-0.15, -0.1) is 0 Å². The van der Waals surface area contributed by atoms with Crippen LogP contribution in [0, 0.1) is 5.41 Å². The Bertz CT molecular complexity index is 271. The normalized spacial score (nSPS) is 11.2. The summed E-state index contributed by atoms with van der Waals surface area (Å²) in [7, 11) is 0. The molecule has 0 unspecified atom stereocenters. The van der Waals surface area contributed by atoms with Crippen molar-refractivity contribution in [3.8, 4) is 0 Å². The topological polar surface area (TPSA) is 52.6 Å². The van der Waals surface area contributed by atoms with Crippen molar-refractivity contribution < 1.29 is 19.1 Å². The molecule has 0 heterocycles. The molecular formula is C14H26O4S. The molecule has 0 saturated carbocycles. The summed E-state index contributed by atoms with van der Waals surface area (Å²) in [5.41, 5.74) is 0.145. The third kappa shape index (κ3) is 13.5. The minimum atomic E-state index is -0.187. The van der Waals surface area contributed by atoms with E-state index in [2.05, 4.69) is 20.8 Å². The summed E-state index contributed by atoms with van der Waals surface area (Å²) in [5.74, 6) is 0.415. The second-order valence-corrected chi connectivity index (χ2v) is 6.58. The van der Waals surface area contributed by atoms with Crippen LogP contribution in [0.25, 0.3) is 0 Å². The van der Waals surface area contributed by atoms with E-state index < -0.39 is 0 Å². The van der Waals surface area contributed by atoms with Gasteiger partial charge in [-0.2, -0.15) is 11.8 Å². The highest BCUT2D eigenvalue weighted by molar-refractivity contribution is 7.98. The fourth-order valence-electron chi connectivity index (χ4n) is 1.24. The van der Waals surface area contributed by atoms with Gasteiger partial charge >= 0.3 is 11.9 Å². The molecule has 4 nitrogen and oxygen atoms in total. The van der Waals surface area contributed by atoms with Gasteiger partial charge in [0.1, 0.15) is 0 Å². The minimum absolute atomic E-state index is 0.145. The SMILES string of the molecule is CSCCC(=O)OCCCOC(=O)CCC(C)(C)C. The van der Waals surface area contributed by atoms with Crippen molar-refractivity contribution in [1.29, 1.82) is 0 Å². The second kappa shape index (κ2) is 10.1. The van der Waals surface area contributed by atoms with Crippen molar-refractivity contribution >= 4 is 23.7 Å². The number of carbonyl (C=O) groups is 2. The molecule has 0 N–H and O–H groups in total. The standard InChI is InChI=1S/C14H26O4S/c1-14(2,3)8-6-12(15)17-9-5-10-18-13(16)7-11-19-4/h5-11H2,1-4H3. The average molecular weight is 290 g/mol. The molecule has 0 fully saturated rings. The Morgan fingerprint density at radius 1 is 1.00 bits per heavy atom. The molecule has 0 bridgehead atoms. The molecule has 0 aliphatic carbocycles. The van der Waals surface area contributed by atoms with Gasteiger partial charge in [-0.1, -0.05) is 20.8 Å². The van der Waals surface area contributed by atoms with Crippen LogP contribution in [0.15, 0.2) is 0 Å². The Kier molecular flexibility index (Phi) is 9.74. The first-order chi connectivity index (χ1) is 8.85. The van der Waals surface area contributed by atoms with Gasteiger partial charge < -0.3 is 9.47 Å². The smallest absolute Gasteiger partial charge is 0.306 e. The highest BCUT2D eigenvalue weighted by atomic mass is 32.2. The zero-order chi connectivity index (χ0) is 14.7. The van der Waals surface area contributed by atoms with Gasteiger partial charge in [0, 0.05) is 18.6 Å². The number of esters is 2. The molecule has 0 amide bonds. The molecule has 19 heavy (non-hydrogen) atoms. The average Bonchev–Trinajstić information content (AvgIpc) is 2.32. The lowest BCUT2D eigenvalue weighted by Crippen LogP contribution is -2.13. The number of rotatable bonds is 9. The summed E-state index contributed by atoms with van der Waals surface area (Å²) in [6, 6.07) is 0. The lowest BCUT2D eigenvalue weighted by atomic mass is 9.91. The van der Waals surface area contributed by atoms with E-state index in [1.54, 1.807) is 11.8 Å². The molecule has 0 radical (unpaired) electrons. The van der Waals surface area contributed by atoms with Crippen LogP contribution in [0.2, 0.25) is 0 Å². The van der Waals surface area contributed by atoms with Gasteiger partial charge in [-0.05, 0) is 18.1 Å². The number of hydrogen-bond acceptors (Lipinski definition) is 5. The third-order valence-corrected chi connectivity index (χ3v) is 3.02. The first-order valence-corrected chi connectivity index (χ1v) is 8.05. The van der Waals surface area contributed by atoms with E-state index in [-0.39, 0.29) is 17.4 Å². The van der Waals surface area contributed by atoms with Gasteiger partial charge in [0.15, 0.2) is 0 Å². The van der Waals surface area contributed by atoms with Crippen LogP contribution in [0.1, 0.15) is 46.5 Å². The van der Waals surface area contributed by atoms with E-state index in [1.807, 2.05) is 6.26 Å². The largest absolute Gasteiger partial charge is 0.466 e. The molecular weight excluding hydrogens is 264 g/mol. The molecule has 112 valence electrons. The molecule has 0 aromatic carbocycles. The maximum Gasteiger partial charge on any atom is 0.306 e. The molecule has 0 atom stereocenters. The van der Waals surface area contributed by atoms with E-state index in [4.69, 9.17) is 9.47 Å². The molecule has 5 heteroatoms. The summed E-state index contributed by atoms with van der Waals surface area (Å²) in [6.45, 7) is 6.91. The van der Waals surface area contributed by atoms with Crippen molar-refractivity contribution in [2.24, 2.45) is 5.41 Å². The highest BCUT2D eigenvalue weighted by Crippen LogP contribution is 2.20. The quantitative estimate of drug-likeness (QED) is 0.482. The number of hydrogen-bond donors (Lipinski definition) is 0. The van der Waals surface area contributed by atoms with Gasteiger partial charge in [-0.25, -0.2) is 0 Å². The zero-order valence-electron chi connectivity index (χ0n) is 12.5. The van der Waals surface area contributed by atoms with Gasteiger partial charge in [0.25, 0.3) is 0 Å². The second-order valence-electron chi connectivity index (χ2n) is 5.60. The summed E-state index contributed by atoms with van der Waals surface area (Å²) in [5, 5.41) is 0. The van der Waals surface area contributed by atoms with Crippen LogP contribution >= 0.6 is 11.8 Å². The highest BCUT2D eigenvalue weighted by Gasteiger charge is 2.13. The lowest BCUT2D eigenvalue weighted by molar-refractivity contribution is -0.146. The summed E-state index contributed by atoms with van der Waals surface area (Å²) < 4.78 is 10.1. The van der Waals surface area contributed by atoms with Gasteiger partial charge in [-0.3, -0.25) is 9.59 Å². The number of thioether (sulfide) groups is 1. The van der Waals surface area contributed by atoms with Crippen LogP contribution < -0.4 is 0 Å². The molecule has 0 aromatic heterocycles. The zero-order valence-corrected chi connectivity index (χ0v) is 13.3. The first-order valence-electron chi connectivity index (χ1n) is 6.65. The minimum Gasteiger partial charge on any atom is -0.466 e. The number of ether oxygens (including phenoxy) is 2. The van der Waals surface area contributed by atoms with Crippen LogP contribution in [-0.4, -0.2) is 37.2 Å². The summed E-state index contributed by atoms with van der Waals surface area (Å²) in [6.07, 6.45) is 4.20. The molecule has 0 spiro atoms. The first kappa shape index (κ1) is 18.3. The Labute approximate surface area is 120 Å². The lowest BCUT2D eigenvalue weighted by Gasteiger charge is -2.16. The van der Waals surface area contributed by atoms with E-state index in [1.165, 1.54) is 0 Å². The van der Waals surface area contributed by atoms with Crippen molar-refractivity contribution in [1.82, 2.24) is 0 Å². The predicted octanol–water partition coefficient (Wildman–Crippen LogP) is 3.04. The maximum atomic E-state index is 11.4. The van der Waals surface area contributed by atoms with Crippen molar-refractivity contribution in [3.05, 3.63) is 0 Å². The summed E-state index contributed by atoms with van der Waals surface area (Å²) >= 11 is 1.61. The van der Waals surface area contributed by atoms with Crippen molar-refractivity contribution in [2.75, 3.05) is 25.2 Å². The molecule has 0 aliphatic heterocycles. The Hall–Kier alpha value is -0.710. The van der Waals surface area contributed by atoms with Crippen LogP contribution in [0.5, 0.6) is 0 Å². The van der Waals surface area contributed by atoms with E-state index in [0.717, 1.165) is 12.2 Å². The fourth-order valence-corrected chi connectivity index (χ4v) is 1.61. The van der Waals surface area contributed by atoms with Crippen LogP contribution in [0.3, 0.4) is 0 Å². The van der Waals surface area contributed by atoms with Crippen LogP contribution in [0.4, 0.5) is 0 Å². The van der Waals surface area contributed by atoms with Crippen molar-refractivity contribution in [3.63, 3.8) is 0 Å². The Balaban J connectivity index is 3.44. The molecule has 0 saturated heterocycles. The Morgan fingerprint density at radius 3 is 2.00 bits per heavy atom. The van der Waals surface area contributed by atoms with E-state index >= 15 is 0 Å². The van der Waals surface area contributed by atoms with E-state index in [9.17, 15) is 9.59 Å². The monoisotopic (exact) mass is 290 g/mol. The molecule has 0 aromatic rings. The molecule has 0 rings (SSSR count). The third-order valence-electron chi connectivity index (χ3n) is 2.40. The predicted molar refractivity (Wildman–Crippen MR) is 78.2 cm³/mol. The van der Waals surface area contributed by atoms with Gasteiger partial charge in [0.2, 0.25) is 0 Å². The van der Waals surface area contributed by atoms with Crippen LogP contribution in [-0.2, 0) is 19.1 Å². The molecule has 0 aliphatic rings. The summed E-state index contributed by atoms with van der Waals surface area (Å²) in [4.78, 5) is 22.6.